The molecule has 0 bridgehead atoms. The first-order valence-electron chi connectivity index (χ1n) is 8.66. The molecule has 22 heavy (non-hydrogen) atoms. The van der Waals surface area contributed by atoms with Gasteiger partial charge < -0.3 is 20.3 Å². The maximum Gasteiger partial charge on any atom is 0.167 e. The van der Waals surface area contributed by atoms with Crippen LogP contribution < -0.4 is 11.5 Å². The lowest BCUT2D eigenvalue weighted by Crippen LogP contribution is -2.57. The Bertz CT molecular complexity index is 288. The first-order chi connectivity index (χ1) is 9.89. The molecule has 0 amide bonds. The molecule has 0 aromatic heterocycles. The molecule has 2 unspecified atom stereocenters. The van der Waals surface area contributed by atoms with Crippen LogP contribution in [0.15, 0.2) is 0 Å². The van der Waals surface area contributed by atoms with Crippen LogP contribution >= 0.6 is 0 Å². The highest BCUT2D eigenvalue weighted by Gasteiger charge is 2.41. The maximum atomic E-state index is 6.85. The number of rotatable bonds is 9. The van der Waals surface area contributed by atoms with E-state index in [0.29, 0.717) is 17.6 Å². The Balaban J connectivity index is 5.05. The Morgan fingerprint density at radius 3 is 1.32 bits per heavy atom. The lowest BCUT2D eigenvalue weighted by atomic mass is 9.88. The van der Waals surface area contributed by atoms with Crippen LogP contribution in [0, 0.1) is 0 Å². The topological polar surface area (TPSA) is 70.5 Å². The normalized spacial score (nSPS) is 19.9. The molecule has 0 fully saturated rings. The van der Waals surface area contributed by atoms with Gasteiger partial charge >= 0.3 is 0 Å². The fourth-order valence-electron chi connectivity index (χ4n) is 2.67. The van der Waals surface area contributed by atoms with Gasteiger partial charge in [0.15, 0.2) is 19.5 Å². The van der Waals surface area contributed by atoms with Gasteiger partial charge in [0.25, 0.3) is 0 Å². The van der Waals surface area contributed by atoms with Gasteiger partial charge in [-0.2, -0.15) is 0 Å². The zero-order valence-electron chi connectivity index (χ0n) is 16.2. The molecule has 6 heteroatoms. The van der Waals surface area contributed by atoms with Crippen molar-refractivity contribution >= 4 is 19.5 Å². The average Bonchev–Trinajstić information content (AvgIpc) is 2.37. The Kier molecular flexibility index (Phi) is 9.05. The predicted molar refractivity (Wildman–Crippen MR) is 103 cm³/mol. The van der Waals surface area contributed by atoms with Crippen LogP contribution in [0.1, 0.15) is 68.2 Å². The fraction of sp³-hybridized carbons (Fsp3) is 1.00. The molecule has 4 nitrogen and oxygen atoms in total. The minimum atomic E-state index is -0.736. The van der Waals surface area contributed by atoms with Crippen LogP contribution in [0.3, 0.4) is 0 Å². The summed E-state index contributed by atoms with van der Waals surface area (Å²) in [6.45, 7) is 17.6. The Hall–Kier alpha value is 0.274. The third kappa shape index (κ3) is 7.70. The van der Waals surface area contributed by atoms with E-state index in [4.69, 9.17) is 20.3 Å². The molecule has 0 spiro atoms. The van der Waals surface area contributed by atoms with E-state index < -0.39 is 19.5 Å². The highest BCUT2D eigenvalue weighted by Crippen LogP contribution is 2.37. The van der Waals surface area contributed by atoms with Crippen molar-refractivity contribution in [2.75, 3.05) is 6.54 Å². The van der Waals surface area contributed by atoms with Crippen LogP contribution in [0.4, 0.5) is 0 Å². The summed E-state index contributed by atoms with van der Waals surface area (Å²) < 4.78 is 12.3. The second kappa shape index (κ2) is 8.94. The monoisotopic (exact) mass is 348 g/mol. The van der Waals surface area contributed by atoms with Crippen molar-refractivity contribution in [3.63, 3.8) is 0 Å². The van der Waals surface area contributed by atoms with E-state index >= 15 is 0 Å². The van der Waals surface area contributed by atoms with Crippen molar-refractivity contribution in [2.45, 2.75) is 96.1 Å². The van der Waals surface area contributed by atoms with Crippen molar-refractivity contribution in [3.05, 3.63) is 0 Å². The van der Waals surface area contributed by atoms with Gasteiger partial charge in [-0.05, 0) is 52.6 Å². The smallest absolute Gasteiger partial charge is 0.167 e. The van der Waals surface area contributed by atoms with E-state index in [1.54, 1.807) is 0 Å². The van der Waals surface area contributed by atoms with E-state index in [1.165, 1.54) is 0 Å². The van der Waals surface area contributed by atoms with Gasteiger partial charge in [0.05, 0.1) is 0 Å². The summed E-state index contributed by atoms with van der Waals surface area (Å²) in [4.78, 5) is 0. The van der Waals surface area contributed by atoms with Crippen LogP contribution in [0.5, 0.6) is 0 Å². The van der Waals surface area contributed by atoms with Gasteiger partial charge in [-0.3, -0.25) is 0 Å². The summed E-state index contributed by atoms with van der Waals surface area (Å²) in [6.07, 6.45) is 2.08. The van der Waals surface area contributed by atoms with Crippen molar-refractivity contribution in [1.82, 2.24) is 0 Å². The minimum absolute atomic E-state index is 0.0871. The van der Waals surface area contributed by atoms with Crippen LogP contribution in [-0.2, 0) is 8.85 Å². The maximum absolute atomic E-state index is 6.85. The molecule has 2 atom stereocenters. The number of hydrogen-bond acceptors (Lipinski definition) is 4. The van der Waals surface area contributed by atoms with Crippen molar-refractivity contribution in [3.8, 4) is 0 Å². The summed E-state index contributed by atoms with van der Waals surface area (Å²) in [5, 5.41) is 0. The fourth-order valence-corrected chi connectivity index (χ4v) is 6.50. The van der Waals surface area contributed by atoms with Crippen molar-refractivity contribution in [1.29, 1.82) is 0 Å². The largest absolute Gasteiger partial charge is 0.419 e. The molecule has 0 heterocycles. The van der Waals surface area contributed by atoms with Crippen LogP contribution in [0.25, 0.3) is 0 Å². The molecule has 0 aromatic carbocycles. The molecule has 134 valence electrons. The molecule has 0 saturated carbocycles. The summed E-state index contributed by atoms with van der Waals surface area (Å²) in [5.74, 6) is 0. The van der Waals surface area contributed by atoms with Gasteiger partial charge in [-0.15, -0.1) is 0 Å². The predicted octanol–water partition coefficient (Wildman–Crippen LogP) is 1.84. The molecule has 0 aliphatic rings. The Labute approximate surface area is 143 Å². The van der Waals surface area contributed by atoms with E-state index in [0.717, 1.165) is 12.8 Å². The summed E-state index contributed by atoms with van der Waals surface area (Å²) in [5.41, 5.74) is 13.3. The molecule has 0 rings (SSSR count). The van der Waals surface area contributed by atoms with Gasteiger partial charge in [-0.25, -0.2) is 0 Å². The molecule has 4 N–H and O–H groups in total. The van der Waals surface area contributed by atoms with Gasteiger partial charge in [0.1, 0.15) is 0 Å². The molecule has 0 aromatic rings. The van der Waals surface area contributed by atoms with Gasteiger partial charge in [0.2, 0.25) is 0 Å². The van der Waals surface area contributed by atoms with Crippen molar-refractivity contribution < 1.29 is 8.85 Å². The minimum Gasteiger partial charge on any atom is -0.419 e. The first kappa shape index (κ1) is 22.3. The molecule has 0 saturated heterocycles. The lowest BCUT2D eigenvalue weighted by molar-refractivity contribution is 0.123. The molecule has 0 aliphatic carbocycles. The first-order valence-corrected chi connectivity index (χ1v) is 11.4. The Morgan fingerprint density at radius 1 is 0.818 bits per heavy atom. The quantitative estimate of drug-likeness (QED) is 0.624. The standard InChI is InChI=1S/C16H40N2O2Si2/c1-9-12(21-19-14(3,4)5)16(18,11-17)13(10-2)22-20-15(6,7)8/h12-13H,9-11,17-18,21-22H2,1-8H3. The average molecular weight is 349 g/mol. The van der Waals surface area contributed by atoms with E-state index in [-0.39, 0.29) is 16.7 Å². The summed E-state index contributed by atoms with van der Waals surface area (Å²) >= 11 is 0. The molecular weight excluding hydrogens is 308 g/mol. The zero-order valence-corrected chi connectivity index (χ0v) is 19.0. The van der Waals surface area contributed by atoms with E-state index in [1.807, 2.05) is 0 Å². The highest BCUT2D eigenvalue weighted by atomic mass is 28.2. The summed E-state index contributed by atoms with van der Waals surface area (Å²) in [6, 6.07) is 0. The van der Waals surface area contributed by atoms with Crippen LogP contribution in [0.2, 0.25) is 11.1 Å². The Morgan fingerprint density at radius 2 is 1.14 bits per heavy atom. The van der Waals surface area contributed by atoms with Crippen LogP contribution in [-0.4, -0.2) is 42.8 Å². The second-order valence-electron chi connectivity index (χ2n) is 8.37. The van der Waals surface area contributed by atoms with Gasteiger partial charge in [0, 0.05) is 23.3 Å². The van der Waals surface area contributed by atoms with Crippen molar-refractivity contribution in [2.24, 2.45) is 11.5 Å². The lowest BCUT2D eigenvalue weighted by Gasteiger charge is -2.43. The molecule has 0 aliphatic heterocycles. The zero-order chi connectivity index (χ0) is 17.6. The van der Waals surface area contributed by atoms with E-state index in [9.17, 15) is 0 Å². The second-order valence-corrected chi connectivity index (χ2v) is 11.6. The SMILES string of the molecule is CCC([SiH2]OC(C)(C)C)C(N)(CN)C(CC)[SiH2]OC(C)(C)C. The molecule has 0 radical (unpaired) electrons. The van der Waals surface area contributed by atoms with E-state index in [2.05, 4.69) is 55.4 Å². The summed E-state index contributed by atoms with van der Waals surface area (Å²) in [7, 11) is -1.47. The number of hydrogen-bond donors (Lipinski definition) is 2. The van der Waals surface area contributed by atoms with Gasteiger partial charge in [-0.1, -0.05) is 26.7 Å². The highest BCUT2D eigenvalue weighted by molar-refractivity contribution is 6.33. The third-order valence-corrected chi connectivity index (χ3v) is 9.84. The third-order valence-electron chi connectivity index (χ3n) is 4.29. The molecular formula is C16H40N2O2Si2. The number of nitrogens with two attached hydrogens (primary N) is 2.